The first-order valence-electron chi connectivity index (χ1n) is 27.4. The smallest absolute Gasteiger partial charge is 0.317 e. The quantitative estimate of drug-likeness (QED) is 0.0769. The Kier molecular flexibility index (Phi) is 26.9. The topological polar surface area (TPSA) is 159 Å². The predicted octanol–water partition coefficient (Wildman–Crippen LogP) is 11.9. The van der Waals surface area contributed by atoms with Crippen LogP contribution in [0, 0.1) is 38.2 Å². The molecular formula is C63H74Cl3F3N6O7. The van der Waals surface area contributed by atoms with Crippen LogP contribution < -0.4 is 16.4 Å². The van der Waals surface area contributed by atoms with E-state index in [1.165, 1.54) is 36.4 Å². The van der Waals surface area contributed by atoms with Gasteiger partial charge in [-0.25, -0.2) is 13.2 Å². The number of nitrogens with zero attached hydrogens (tertiary/aromatic N) is 3. The van der Waals surface area contributed by atoms with Crippen LogP contribution in [-0.4, -0.2) is 135 Å². The van der Waals surface area contributed by atoms with Gasteiger partial charge in [0.05, 0.1) is 37.9 Å². The van der Waals surface area contributed by atoms with E-state index in [9.17, 15) is 27.6 Å². The molecule has 0 saturated carbocycles. The Bertz CT molecular complexity index is 2810. The van der Waals surface area contributed by atoms with Crippen LogP contribution in [0.3, 0.4) is 0 Å². The molecule has 0 bridgehead atoms. The summed E-state index contributed by atoms with van der Waals surface area (Å²) < 4.78 is 56.5. The lowest BCUT2D eigenvalue weighted by atomic mass is 10.1. The number of nitrogen functional groups attached to an aromatic ring is 1. The predicted molar refractivity (Wildman–Crippen MR) is 321 cm³/mol. The third-order valence-corrected chi connectivity index (χ3v) is 15.1. The molecule has 0 aromatic heterocycles. The van der Waals surface area contributed by atoms with Crippen molar-refractivity contribution in [1.82, 2.24) is 14.7 Å². The van der Waals surface area contributed by atoms with Gasteiger partial charge in [0.2, 0.25) is 11.8 Å². The van der Waals surface area contributed by atoms with Gasteiger partial charge in [0.15, 0.2) is 0 Å². The van der Waals surface area contributed by atoms with Crippen LogP contribution in [0.2, 0.25) is 15.1 Å². The molecule has 3 unspecified atom stereocenters. The molecule has 0 spiro atoms. The fourth-order valence-electron chi connectivity index (χ4n) is 9.45. The molecule has 19 heteroatoms. The van der Waals surface area contributed by atoms with E-state index in [4.69, 9.17) is 59.9 Å². The Morgan fingerprint density at radius 3 is 1.13 bits per heavy atom. The van der Waals surface area contributed by atoms with E-state index in [1.807, 2.05) is 68.1 Å². The zero-order valence-corrected chi connectivity index (χ0v) is 48.9. The minimum Gasteiger partial charge on any atom is -0.480 e. The van der Waals surface area contributed by atoms with Crippen LogP contribution in [0.5, 0.6) is 0 Å². The van der Waals surface area contributed by atoms with Crippen molar-refractivity contribution in [2.75, 3.05) is 95.1 Å². The van der Waals surface area contributed by atoms with Crippen LogP contribution in [0.15, 0.2) is 127 Å². The minimum absolute atomic E-state index is 0.0151. The van der Waals surface area contributed by atoms with Gasteiger partial charge in [-0.15, -0.1) is 0 Å². The molecule has 0 aliphatic carbocycles. The number of halogens is 6. The lowest BCUT2D eigenvalue weighted by molar-refractivity contribution is -0.138. The van der Waals surface area contributed by atoms with Gasteiger partial charge in [-0.2, -0.15) is 0 Å². The first-order chi connectivity index (χ1) is 39.4. The van der Waals surface area contributed by atoms with E-state index in [1.54, 1.807) is 48.5 Å². The summed E-state index contributed by atoms with van der Waals surface area (Å²) in [5.41, 5.74) is 13.5. The molecule has 0 radical (unpaired) electrons. The number of carbonyl (C=O) groups excluding carboxylic acids is 2. The number of rotatable bonds is 14. The number of carboxylic acid groups (broad SMARTS) is 1. The molecule has 9 rings (SSSR count). The lowest BCUT2D eigenvalue weighted by Gasteiger charge is -2.23. The van der Waals surface area contributed by atoms with Crippen molar-refractivity contribution in [1.29, 1.82) is 0 Å². The molecule has 82 heavy (non-hydrogen) atoms. The first-order valence-corrected chi connectivity index (χ1v) is 28.6. The van der Waals surface area contributed by atoms with E-state index >= 15 is 0 Å². The Morgan fingerprint density at radius 1 is 0.500 bits per heavy atom. The average molecular weight is 1190 g/mol. The van der Waals surface area contributed by atoms with Gasteiger partial charge in [-0.05, 0) is 165 Å². The molecule has 13 nitrogen and oxygen atoms in total. The second kappa shape index (κ2) is 33.9. The van der Waals surface area contributed by atoms with Crippen molar-refractivity contribution in [2.24, 2.45) is 0 Å². The van der Waals surface area contributed by atoms with Crippen molar-refractivity contribution in [3.8, 4) is 0 Å². The third-order valence-electron chi connectivity index (χ3n) is 13.9. The van der Waals surface area contributed by atoms with E-state index in [-0.39, 0.29) is 54.1 Å². The maximum absolute atomic E-state index is 13.1. The number of carboxylic acids is 1. The maximum atomic E-state index is 13.1. The maximum Gasteiger partial charge on any atom is 0.317 e. The molecule has 6 aromatic carbocycles. The average Bonchev–Trinajstić information content (AvgIpc) is 3.92. The molecule has 2 amide bonds. The van der Waals surface area contributed by atoms with Crippen molar-refractivity contribution >= 4 is 69.6 Å². The molecule has 3 aliphatic heterocycles. The highest BCUT2D eigenvalue weighted by atomic mass is 35.5. The van der Waals surface area contributed by atoms with Crippen molar-refractivity contribution < 1.29 is 46.9 Å². The number of nitrogens with one attached hydrogen (secondary N) is 2. The lowest BCUT2D eigenvalue weighted by Crippen LogP contribution is -2.38. The summed E-state index contributed by atoms with van der Waals surface area (Å²) in [5.74, 6) is -1.68. The number of hydrogen-bond acceptors (Lipinski definition) is 10. The summed E-state index contributed by atoms with van der Waals surface area (Å²) in [7, 11) is 0. The zero-order chi connectivity index (χ0) is 59.0. The highest BCUT2D eigenvalue weighted by molar-refractivity contribution is 6.32. The summed E-state index contributed by atoms with van der Waals surface area (Å²) in [5, 5.41) is 16.7. The largest absolute Gasteiger partial charge is 0.480 e. The fourth-order valence-corrected chi connectivity index (χ4v) is 9.98. The van der Waals surface area contributed by atoms with Crippen molar-refractivity contribution in [2.45, 2.75) is 77.6 Å². The Balaban J connectivity index is 0.000000186. The summed E-state index contributed by atoms with van der Waals surface area (Å²) in [6.45, 7) is 12.6. The van der Waals surface area contributed by atoms with E-state index < -0.39 is 5.97 Å². The number of hydrogen-bond donors (Lipinski definition) is 4. The standard InChI is InChI=1S/2C21H24ClFN2O2.C14H18FNO3.C7H8ClN/c2*1-15-19(22)4-2-5-20(15)24-21(26)14-25-10-3-11-27-18(13-25)12-16-6-8-17(23)9-7-16;15-12-4-2-11(3-5-12)8-13-9-16(10-14(17)18)6-1-7-19-13;1-5-6(8)3-2-4-7(5)9/h2*2,4-9,18H,3,10-14H2,1H3,(H,24,26);2-5,13H,1,6-10H2,(H,17,18);2-4H,9H2,1H3. The second-order valence-electron chi connectivity index (χ2n) is 20.5. The fraction of sp³-hybridized carbons (Fsp3) is 0.381. The van der Waals surface area contributed by atoms with Gasteiger partial charge in [0.25, 0.3) is 0 Å². The van der Waals surface area contributed by atoms with Gasteiger partial charge in [0, 0.05) is 91.2 Å². The molecule has 5 N–H and O–H groups in total. The van der Waals surface area contributed by atoms with Crippen LogP contribution in [0.25, 0.3) is 0 Å². The van der Waals surface area contributed by atoms with E-state index in [0.29, 0.717) is 81.9 Å². The minimum atomic E-state index is -0.817. The van der Waals surface area contributed by atoms with Crippen LogP contribution in [0.1, 0.15) is 52.6 Å². The van der Waals surface area contributed by atoms with E-state index in [2.05, 4.69) is 20.4 Å². The van der Waals surface area contributed by atoms with Gasteiger partial charge in [-0.3, -0.25) is 29.1 Å². The number of carbonyl (C=O) groups is 3. The van der Waals surface area contributed by atoms with Crippen molar-refractivity contribution in [3.63, 3.8) is 0 Å². The molecule has 6 aromatic rings. The Labute approximate surface area is 494 Å². The summed E-state index contributed by atoms with van der Waals surface area (Å²) in [6, 6.07) is 35.8. The van der Waals surface area contributed by atoms with Gasteiger partial charge in [-0.1, -0.05) is 89.4 Å². The Morgan fingerprint density at radius 2 is 0.817 bits per heavy atom. The normalized spacial score (nSPS) is 17.8. The SMILES string of the molecule is Cc1c(Cl)cccc1NC(=O)CN1CCCOC(Cc2ccc(F)cc2)C1.Cc1c(Cl)cccc1NC(=O)CN1CCCOC(Cc2ccc(F)cc2)C1.Cc1c(N)cccc1Cl.O=C(O)CN1CCCOC(Cc2ccc(F)cc2)C1. The highest BCUT2D eigenvalue weighted by Gasteiger charge is 2.24. The number of benzene rings is 6. The molecule has 3 heterocycles. The zero-order valence-electron chi connectivity index (χ0n) is 46.7. The number of anilines is 3. The van der Waals surface area contributed by atoms with E-state index in [0.717, 1.165) is 94.4 Å². The third kappa shape index (κ3) is 22.9. The first kappa shape index (κ1) is 65.1. The molecular weight excluding hydrogens is 1120 g/mol. The highest BCUT2D eigenvalue weighted by Crippen LogP contribution is 2.25. The molecule has 3 atom stereocenters. The monoisotopic (exact) mass is 1190 g/mol. The molecule has 3 aliphatic rings. The number of nitrogens with two attached hydrogens (primary N) is 1. The van der Waals surface area contributed by atoms with Crippen LogP contribution >= 0.6 is 34.8 Å². The van der Waals surface area contributed by atoms with Gasteiger partial charge >= 0.3 is 5.97 Å². The van der Waals surface area contributed by atoms with Crippen LogP contribution in [-0.2, 0) is 47.9 Å². The summed E-state index contributed by atoms with van der Waals surface area (Å²) in [6.07, 6.45) is 4.61. The second-order valence-corrected chi connectivity index (χ2v) is 21.7. The number of aliphatic carboxylic acids is 1. The summed E-state index contributed by atoms with van der Waals surface area (Å²) >= 11 is 18.0. The number of ether oxygens (including phenoxy) is 3. The molecule has 3 fully saturated rings. The van der Waals surface area contributed by atoms with Gasteiger partial charge in [0.1, 0.15) is 17.5 Å². The van der Waals surface area contributed by atoms with Crippen molar-refractivity contribution in [3.05, 3.63) is 193 Å². The Hall–Kier alpha value is -6.05. The van der Waals surface area contributed by atoms with Crippen LogP contribution in [0.4, 0.5) is 30.2 Å². The summed E-state index contributed by atoms with van der Waals surface area (Å²) in [4.78, 5) is 41.8. The molecule has 440 valence electrons. The molecule has 3 saturated heterocycles. The number of amides is 2. The van der Waals surface area contributed by atoms with Gasteiger partial charge < -0.3 is 35.7 Å².